The van der Waals surface area contributed by atoms with Gasteiger partial charge in [-0.3, -0.25) is 23.4 Å². The third-order valence-electron chi connectivity index (χ3n) is 11.5. The SMILES string of the molecule is CC/C=C\C/C=C\C/C=C\CCCCCCCCCC(=O)OCC(COP(=O)(O)OCC(CO)OC(=O)CCCCC/C=C\C/C=C\C/C=C\CC)OC(=O)CCCCCCC/C=C\C/C=C\CCCCC. The van der Waals surface area contributed by atoms with Crippen molar-refractivity contribution < 1.29 is 52.2 Å². The van der Waals surface area contributed by atoms with Crippen LogP contribution in [0.25, 0.3) is 0 Å². The normalized spacial score (nSPS) is 14.1. The summed E-state index contributed by atoms with van der Waals surface area (Å²) in [6.07, 6.45) is 62.2. The lowest BCUT2D eigenvalue weighted by Gasteiger charge is -2.21. The highest BCUT2D eigenvalue weighted by Gasteiger charge is 2.28. The van der Waals surface area contributed by atoms with E-state index >= 15 is 0 Å². The number of hydrogen-bond donors (Lipinski definition) is 2. The molecule has 0 rings (SSSR count). The minimum Gasteiger partial charge on any atom is -0.462 e. The Hall–Kier alpha value is -3.60. The fourth-order valence-electron chi connectivity index (χ4n) is 7.24. The molecule has 0 bridgehead atoms. The number of aliphatic hydroxyl groups excluding tert-OH is 1. The predicted molar refractivity (Wildman–Crippen MR) is 297 cm³/mol. The quantitative estimate of drug-likeness (QED) is 0.0197. The summed E-state index contributed by atoms with van der Waals surface area (Å²) in [5.74, 6) is -1.53. The standard InChI is InChI=1S/C60H101O11P/c1-4-7-10-13-16-19-22-25-27-28-30-32-34-37-40-43-46-49-58(62)67-53-57(71-60(64)51-48-45-42-39-36-33-29-26-23-20-17-14-11-8-5-2)55-69-72(65,66)68-54-56(52-61)70-59(63)50-47-44-41-38-35-31-24-21-18-15-12-9-6-3/h7,9-10,12,16-21,25-27,29,31,35,56-57,61H,4-6,8,11,13-15,22-24,28,30,32-34,36-55H2,1-3H3,(H,65,66)/b10-7-,12-9-,19-16-,20-17-,21-18-,27-25-,29-26-,35-31-. The molecular formula is C60H101O11P. The van der Waals surface area contributed by atoms with Crippen LogP contribution in [-0.4, -0.2) is 66.5 Å². The lowest BCUT2D eigenvalue weighted by Crippen LogP contribution is -2.30. The van der Waals surface area contributed by atoms with Crippen LogP contribution in [0.4, 0.5) is 0 Å². The number of allylic oxidation sites excluding steroid dienone is 16. The summed E-state index contributed by atoms with van der Waals surface area (Å²) in [7, 11) is -4.76. The van der Waals surface area contributed by atoms with Gasteiger partial charge in [-0.25, -0.2) is 4.57 Å². The molecule has 0 spiro atoms. The van der Waals surface area contributed by atoms with E-state index in [1.54, 1.807) is 0 Å². The van der Waals surface area contributed by atoms with Crippen LogP contribution in [0.1, 0.15) is 226 Å². The number of esters is 3. The molecule has 0 radical (unpaired) electrons. The molecule has 0 heterocycles. The van der Waals surface area contributed by atoms with Crippen molar-refractivity contribution in [3.05, 3.63) is 97.2 Å². The Bertz CT molecular complexity index is 1580. The Balaban J connectivity index is 4.80. The Kier molecular flexibility index (Phi) is 51.0. The summed E-state index contributed by atoms with van der Waals surface area (Å²) in [6.45, 7) is 4.32. The molecule has 3 unspecified atom stereocenters. The number of hydrogen-bond acceptors (Lipinski definition) is 10. The molecule has 0 amide bonds. The summed E-state index contributed by atoms with van der Waals surface area (Å²) in [6, 6.07) is 0. The fourth-order valence-corrected chi connectivity index (χ4v) is 8.02. The zero-order valence-corrected chi connectivity index (χ0v) is 46.3. The molecule has 3 atom stereocenters. The zero-order valence-electron chi connectivity index (χ0n) is 45.4. The summed E-state index contributed by atoms with van der Waals surface area (Å²) in [4.78, 5) is 48.5. The monoisotopic (exact) mass is 1030 g/mol. The van der Waals surface area contributed by atoms with Crippen molar-refractivity contribution in [3.8, 4) is 0 Å². The lowest BCUT2D eigenvalue weighted by molar-refractivity contribution is -0.161. The van der Waals surface area contributed by atoms with Crippen molar-refractivity contribution >= 4 is 25.7 Å². The first-order chi connectivity index (χ1) is 35.2. The topological polar surface area (TPSA) is 155 Å². The molecule has 0 aliphatic rings. The first kappa shape index (κ1) is 68.4. The maximum atomic E-state index is 12.9. The summed E-state index contributed by atoms with van der Waals surface area (Å²) in [5.41, 5.74) is 0. The van der Waals surface area contributed by atoms with Gasteiger partial charge in [0.25, 0.3) is 0 Å². The van der Waals surface area contributed by atoms with Gasteiger partial charge in [0.05, 0.1) is 19.8 Å². The van der Waals surface area contributed by atoms with Crippen LogP contribution in [0.3, 0.4) is 0 Å². The highest BCUT2D eigenvalue weighted by Crippen LogP contribution is 2.43. The van der Waals surface area contributed by atoms with Gasteiger partial charge in [0.15, 0.2) is 6.10 Å². The number of unbranched alkanes of at least 4 members (excludes halogenated alkanes) is 18. The fraction of sp³-hybridized carbons (Fsp3) is 0.683. The third-order valence-corrected chi connectivity index (χ3v) is 12.4. The van der Waals surface area contributed by atoms with Gasteiger partial charge >= 0.3 is 25.7 Å². The Labute approximate surface area is 438 Å². The smallest absolute Gasteiger partial charge is 0.462 e. The third kappa shape index (κ3) is 51.3. The van der Waals surface area contributed by atoms with E-state index in [1.165, 1.54) is 32.1 Å². The van der Waals surface area contributed by atoms with Gasteiger partial charge in [0.2, 0.25) is 0 Å². The summed E-state index contributed by atoms with van der Waals surface area (Å²) in [5, 5.41) is 9.79. The van der Waals surface area contributed by atoms with E-state index in [-0.39, 0.29) is 25.9 Å². The van der Waals surface area contributed by atoms with Gasteiger partial charge in [0, 0.05) is 19.3 Å². The van der Waals surface area contributed by atoms with Crippen LogP contribution in [0.2, 0.25) is 0 Å². The minimum atomic E-state index is -4.76. The van der Waals surface area contributed by atoms with Crippen LogP contribution < -0.4 is 0 Å². The average Bonchev–Trinajstić information content (AvgIpc) is 3.37. The number of carbonyl (C=O) groups excluding carboxylic acids is 3. The van der Waals surface area contributed by atoms with Gasteiger partial charge in [0.1, 0.15) is 12.7 Å². The Morgan fingerprint density at radius 3 is 1.12 bits per heavy atom. The molecule has 412 valence electrons. The number of phosphoric ester groups is 1. The van der Waals surface area contributed by atoms with E-state index in [0.717, 1.165) is 135 Å². The molecule has 0 aliphatic carbocycles. The van der Waals surface area contributed by atoms with Crippen molar-refractivity contribution in [1.29, 1.82) is 0 Å². The van der Waals surface area contributed by atoms with Gasteiger partial charge in [-0.15, -0.1) is 0 Å². The van der Waals surface area contributed by atoms with E-state index in [4.69, 9.17) is 23.3 Å². The van der Waals surface area contributed by atoms with Crippen LogP contribution in [0, 0.1) is 0 Å². The average molecular weight is 1030 g/mol. The van der Waals surface area contributed by atoms with Gasteiger partial charge in [-0.2, -0.15) is 0 Å². The first-order valence-electron chi connectivity index (χ1n) is 28.1. The largest absolute Gasteiger partial charge is 0.472 e. The number of carbonyl (C=O) groups is 3. The molecule has 0 aromatic heterocycles. The first-order valence-corrected chi connectivity index (χ1v) is 29.6. The number of rotatable bonds is 51. The van der Waals surface area contributed by atoms with Gasteiger partial charge < -0.3 is 24.2 Å². The molecule has 11 nitrogen and oxygen atoms in total. The molecular weight excluding hydrogens is 928 g/mol. The number of aliphatic hydroxyl groups is 1. The van der Waals surface area contributed by atoms with Crippen LogP contribution in [0.5, 0.6) is 0 Å². The molecule has 0 aromatic carbocycles. The predicted octanol–water partition coefficient (Wildman–Crippen LogP) is 16.5. The van der Waals surface area contributed by atoms with Crippen LogP contribution >= 0.6 is 7.82 Å². The van der Waals surface area contributed by atoms with Crippen LogP contribution in [0.15, 0.2) is 97.2 Å². The van der Waals surface area contributed by atoms with E-state index in [1.807, 2.05) is 0 Å². The molecule has 0 saturated carbocycles. The van der Waals surface area contributed by atoms with E-state index < -0.39 is 57.8 Å². The van der Waals surface area contributed by atoms with Crippen LogP contribution in [-0.2, 0) is 42.2 Å². The maximum absolute atomic E-state index is 12.9. The second-order valence-electron chi connectivity index (χ2n) is 18.3. The lowest BCUT2D eigenvalue weighted by atomic mass is 10.1. The molecule has 2 N–H and O–H groups in total. The molecule has 0 saturated heterocycles. The van der Waals surface area contributed by atoms with Crippen molar-refractivity contribution in [3.63, 3.8) is 0 Å². The Morgan fingerprint density at radius 1 is 0.403 bits per heavy atom. The second-order valence-corrected chi connectivity index (χ2v) is 19.8. The highest BCUT2D eigenvalue weighted by atomic mass is 31.2. The zero-order chi connectivity index (χ0) is 52.7. The van der Waals surface area contributed by atoms with E-state index in [0.29, 0.717) is 19.3 Å². The summed E-state index contributed by atoms with van der Waals surface area (Å²) < 4.78 is 39.4. The minimum absolute atomic E-state index is 0.136. The van der Waals surface area contributed by atoms with E-state index in [2.05, 4.69) is 118 Å². The van der Waals surface area contributed by atoms with Gasteiger partial charge in [-0.1, -0.05) is 189 Å². The van der Waals surface area contributed by atoms with E-state index in [9.17, 15) is 28.9 Å². The number of phosphoric acid groups is 1. The number of ether oxygens (including phenoxy) is 3. The van der Waals surface area contributed by atoms with Crippen molar-refractivity contribution in [2.24, 2.45) is 0 Å². The second kappa shape index (κ2) is 53.7. The Morgan fingerprint density at radius 2 is 0.722 bits per heavy atom. The van der Waals surface area contributed by atoms with Gasteiger partial charge in [-0.05, 0) is 116 Å². The molecule has 0 aromatic rings. The summed E-state index contributed by atoms with van der Waals surface area (Å²) >= 11 is 0. The molecule has 12 heteroatoms. The molecule has 0 aliphatic heterocycles. The highest BCUT2D eigenvalue weighted by molar-refractivity contribution is 7.47. The molecule has 0 fully saturated rings. The van der Waals surface area contributed by atoms with Crippen molar-refractivity contribution in [2.75, 3.05) is 26.4 Å². The van der Waals surface area contributed by atoms with Crippen molar-refractivity contribution in [2.45, 2.75) is 238 Å². The molecule has 72 heavy (non-hydrogen) atoms. The maximum Gasteiger partial charge on any atom is 0.472 e. The van der Waals surface area contributed by atoms with Crippen molar-refractivity contribution in [1.82, 2.24) is 0 Å².